The van der Waals surface area contributed by atoms with Crippen LogP contribution in [0.15, 0.2) is 12.2 Å². The summed E-state index contributed by atoms with van der Waals surface area (Å²) in [5.74, 6) is 0. The van der Waals surface area contributed by atoms with Gasteiger partial charge in [0.15, 0.2) is 0 Å². The molecule has 0 aromatic rings. The molecule has 0 rings (SSSR count). The Bertz CT molecular complexity index is 76.8. The molecule has 0 aliphatic heterocycles. The van der Waals surface area contributed by atoms with Gasteiger partial charge in [0.1, 0.15) is 0 Å². The quantitative estimate of drug-likeness (QED) is 0.408. The molecule has 0 bridgehead atoms. The van der Waals surface area contributed by atoms with Crippen LogP contribution in [-0.4, -0.2) is 6.61 Å². The fourth-order valence-electron chi connectivity index (χ4n) is 0.810. The molecule has 1 nitrogen and oxygen atoms in total. The standard InChI is InChI=1S/C9H17O/c1-3-4-5-6-7-8-9-10-2/h3-4H,2,5-9H2,1H3/b4-3+. The number of unbranched alkanes of at least 4 members (excludes halogenated alkanes) is 3. The molecule has 59 valence electrons. The van der Waals surface area contributed by atoms with Crippen molar-refractivity contribution in [2.45, 2.75) is 32.6 Å². The minimum atomic E-state index is 0.801. The van der Waals surface area contributed by atoms with Crippen LogP contribution in [0.4, 0.5) is 0 Å². The third kappa shape index (κ3) is 7.70. The Morgan fingerprint density at radius 2 is 2.10 bits per heavy atom. The molecule has 0 N–H and O–H groups in total. The van der Waals surface area contributed by atoms with Gasteiger partial charge in [-0.15, -0.1) is 0 Å². The molecule has 0 spiro atoms. The van der Waals surface area contributed by atoms with Gasteiger partial charge in [0.25, 0.3) is 0 Å². The van der Waals surface area contributed by atoms with Gasteiger partial charge in [-0.3, -0.25) is 0 Å². The largest absolute Gasteiger partial charge is 0.379 e. The van der Waals surface area contributed by atoms with E-state index in [-0.39, 0.29) is 0 Å². The molecule has 1 radical (unpaired) electrons. The second kappa shape index (κ2) is 8.70. The Hall–Kier alpha value is -0.300. The fourth-order valence-corrected chi connectivity index (χ4v) is 0.810. The van der Waals surface area contributed by atoms with Crippen molar-refractivity contribution in [2.24, 2.45) is 0 Å². The first-order chi connectivity index (χ1) is 4.91. The van der Waals surface area contributed by atoms with Crippen LogP contribution in [0.1, 0.15) is 32.6 Å². The molecule has 0 fully saturated rings. The van der Waals surface area contributed by atoms with E-state index in [2.05, 4.69) is 30.9 Å². The van der Waals surface area contributed by atoms with E-state index in [1.165, 1.54) is 19.3 Å². The molecule has 1 heteroatoms. The maximum absolute atomic E-state index is 4.68. The highest BCUT2D eigenvalue weighted by Crippen LogP contribution is 2.00. The van der Waals surface area contributed by atoms with Crippen LogP contribution in [0, 0.1) is 7.11 Å². The summed E-state index contributed by atoms with van der Waals surface area (Å²) in [6.07, 6.45) is 9.16. The zero-order valence-corrected chi connectivity index (χ0v) is 6.81. The summed E-state index contributed by atoms with van der Waals surface area (Å²) in [5.41, 5.74) is 0. The van der Waals surface area contributed by atoms with Crippen molar-refractivity contribution in [1.29, 1.82) is 0 Å². The number of ether oxygens (including phenoxy) is 1. The smallest absolute Gasteiger partial charge is 0.0700 e. The zero-order valence-electron chi connectivity index (χ0n) is 6.81. The molecule has 0 atom stereocenters. The first-order valence-corrected chi connectivity index (χ1v) is 3.90. The van der Waals surface area contributed by atoms with Gasteiger partial charge < -0.3 is 4.74 Å². The summed E-state index contributed by atoms with van der Waals surface area (Å²) in [6, 6.07) is 0. The third-order valence-electron chi connectivity index (χ3n) is 1.40. The van der Waals surface area contributed by atoms with E-state index < -0.39 is 0 Å². The minimum absolute atomic E-state index is 0.801. The number of rotatable bonds is 6. The van der Waals surface area contributed by atoms with Crippen LogP contribution >= 0.6 is 0 Å². The monoisotopic (exact) mass is 141 g/mol. The van der Waals surface area contributed by atoms with E-state index in [9.17, 15) is 0 Å². The Morgan fingerprint density at radius 1 is 1.30 bits per heavy atom. The number of hydrogen-bond acceptors (Lipinski definition) is 1. The van der Waals surface area contributed by atoms with Crippen molar-refractivity contribution in [1.82, 2.24) is 0 Å². The van der Waals surface area contributed by atoms with E-state index >= 15 is 0 Å². The molecule has 0 saturated carbocycles. The molecule has 0 aliphatic rings. The molecule has 0 amide bonds. The third-order valence-corrected chi connectivity index (χ3v) is 1.40. The highest BCUT2D eigenvalue weighted by atomic mass is 16.5. The lowest BCUT2D eigenvalue weighted by Gasteiger charge is -1.95. The first-order valence-electron chi connectivity index (χ1n) is 3.90. The SMILES string of the molecule is [CH2]OCCCCC/C=C/C. The average molecular weight is 141 g/mol. The van der Waals surface area contributed by atoms with Gasteiger partial charge in [-0.05, 0) is 26.2 Å². The second-order valence-corrected chi connectivity index (χ2v) is 2.33. The summed E-state index contributed by atoms with van der Waals surface area (Å²) in [4.78, 5) is 0. The van der Waals surface area contributed by atoms with E-state index in [0.717, 1.165) is 13.0 Å². The van der Waals surface area contributed by atoms with E-state index in [1.807, 2.05) is 0 Å². The maximum Gasteiger partial charge on any atom is 0.0700 e. The van der Waals surface area contributed by atoms with Gasteiger partial charge in [-0.25, -0.2) is 0 Å². The second-order valence-electron chi connectivity index (χ2n) is 2.33. The predicted octanol–water partition coefficient (Wildman–Crippen LogP) is 2.93. The van der Waals surface area contributed by atoms with Crippen LogP contribution in [0.3, 0.4) is 0 Å². The molecule has 0 aromatic heterocycles. The molecule has 0 heterocycles. The summed E-state index contributed by atoms with van der Waals surface area (Å²) >= 11 is 0. The van der Waals surface area contributed by atoms with Crippen molar-refractivity contribution in [3.63, 3.8) is 0 Å². The lowest BCUT2D eigenvalue weighted by Crippen LogP contribution is -1.85. The molecule has 10 heavy (non-hydrogen) atoms. The van der Waals surface area contributed by atoms with Crippen LogP contribution in [-0.2, 0) is 4.74 Å². The Kier molecular flexibility index (Phi) is 8.44. The topological polar surface area (TPSA) is 9.23 Å². The van der Waals surface area contributed by atoms with Gasteiger partial charge in [-0.2, -0.15) is 0 Å². The van der Waals surface area contributed by atoms with Gasteiger partial charge in [0, 0.05) is 6.61 Å². The van der Waals surface area contributed by atoms with Gasteiger partial charge in [-0.1, -0.05) is 18.6 Å². The van der Waals surface area contributed by atoms with Crippen molar-refractivity contribution < 1.29 is 4.74 Å². The van der Waals surface area contributed by atoms with Crippen molar-refractivity contribution in [2.75, 3.05) is 6.61 Å². The highest BCUT2D eigenvalue weighted by molar-refractivity contribution is 4.76. The van der Waals surface area contributed by atoms with Crippen LogP contribution in [0.25, 0.3) is 0 Å². The van der Waals surface area contributed by atoms with E-state index in [0.29, 0.717) is 0 Å². The highest BCUT2D eigenvalue weighted by Gasteiger charge is 1.85. The fraction of sp³-hybridized carbons (Fsp3) is 0.667. The van der Waals surface area contributed by atoms with Gasteiger partial charge in [0.2, 0.25) is 0 Å². The van der Waals surface area contributed by atoms with E-state index in [1.54, 1.807) is 0 Å². The summed E-state index contributed by atoms with van der Waals surface area (Å²) in [5, 5.41) is 0. The Labute approximate surface area is 64.1 Å². The summed E-state index contributed by atoms with van der Waals surface area (Å²) in [6.45, 7) is 2.86. The lowest BCUT2D eigenvalue weighted by atomic mass is 10.2. The summed E-state index contributed by atoms with van der Waals surface area (Å²) < 4.78 is 4.68. The minimum Gasteiger partial charge on any atom is -0.379 e. The average Bonchev–Trinajstić information content (AvgIpc) is 1.97. The van der Waals surface area contributed by atoms with Crippen LogP contribution in [0.5, 0.6) is 0 Å². The number of hydrogen-bond donors (Lipinski definition) is 0. The van der Waals surface area contributed by atoms with Gasteiger partial charge in [0.05, 0.1) is 7.11 Å². The van der Waals surface area contributed by atoms with Crippen LogP contribution < -0.4 is 0 Å². The predicted molar refractivity (Wildman–Crippen MR) is 44.6 cm³/mol. The lowest BCUT2D eigenvalue weighted by molar-refractivity contribution is 0.234. The zero-order chi connectivity index (χ0) is 7.66. The maximum atomic E-state index is 4.68. The Balaban J connectivity index is 2.77. The molecular formula is C9H17O. The van der Waals surface area contributed by atoms with Crippen molar-refractivity contribution in [3.05, 3.63) is 19.3 Å². The Morgan fingerprint density at radius 3 is 2.70 bits per heavy atom. The summed E-state index contributed by atoms with van der Waals surface area (Å²) in [7, 11) is 3.31. The van der Waals surface area contributed by atoms with Crippen molar-refractivity contribution >= 4 is 0 Å². The molecule has 0 aromatic carbocycles. The molecule has 0 unspecified atom stereocenters. The number of allylic oxidation sites excluding steroid dienone is 2. The van der Waals surface area contributed by atoms with Gasteiger partial charge >= 0.3 is 0 Å². The van der Waals surface area contributed by atoms with Crippen LogP contribution in [0.2, 0.25) is 0 Å². The molecule has 0 aliphatic carbocycles. The molecular weight excluding hydrogens is 124 g/mol. The molecule has 0 saturated heterocycles. The first kappa shape index (κ1) is 9.70. The normalized spacial score (nSPS) is 11.0. The van der Waals surface area contributed by atoms with Crippen molar-refractivity contribution in [3.8, 4) is 0 Å². The van der Waals surface area contributed by atoms with E-state index in [4.69, 9.17) is 0 Å².